The second kappa shape index (κ2) is 12.6. The molecule has 1 unspecified atom stereocenters. The molecule has 1 aromatic rings. The molecule has 7 nitrogen and oxygen atoms in total. The van der Waals surface area contributed by atoms with E-state index in [1.54, 1.807) is 7.11 Å². The van der Waals surface area contributed by atoms with Crippen LogP contribution in [0.25, 0.3) is 0 Å². The number of nitrogens with zero attached hydrogens (tertiary/aromatic N) is 2. The highest BCUT2D eigenvalue weighted by Crippen LogP contribution is 2.17. The van der Waals surface area contributed by atoms with Crippen molar-refractivity contribution >= 4 is 35.8 Å². The topological polar surface area (TPSA) is 75.2 Å². The van der Waals surface area contributed by atoms with Gasteiger partial charge in [0.15, 0.2) is 5.96 Å². The van der Waals surface area contributed by atoms with Gasteiger partial charge in [-0.2, -0.15) is 0 Å². The first kappa shape index (κ1) is 23.3. The molecule has 1 heterocycles. The largest absolute Gasteiger partial charge is 0.497 e. The molecule has 27 heavy (non-hydrogen) atoms. The highest BCUT2D eigenvalue weighted by Gasteiger charge is 2.17. The number of hydrogen-bond acceptors (Lipinski definition) is 4. The molecule has 0 aliphatic carbocycles. The minimum Gasteiger partial charge on any atom is -0.497 e. The number of guanidine groups is 1. The zero-order valence-corrected chi connectivity index (χ0v) is 18.7. The molecular weight excluding hydrogens is 459 g/mol. The van der Waals surface area contributed by atoms with Gasteiger partial charge in [0.2, 0.25) is 5.91 Å². The van der Waals surface area contributed by atoms with Gasteiger partial charge in [-0.3, -0.25) is 4.79 Å². The van der Waals surface area contributed by atoms with Crippen LogP contribution in [-0.2, 0) is 4.79 Å². The van der Waals surface area contributed by atoms with E-state index in [2.05, 4.69) is 15.6 Å². The lowest BCUT2D eigenvalue weighted by atomic mass is 10.3. The fourth-order valence-corrected chi connectivity index (χ4v) is 2.72. The zero-order chi connectivity index (χ0) is 18.8. The fraction of sp³-hybridized carbons (Fsp3) is 0.579. The van der Waals surface area contributed by atoms with Gasteiger partial charge in [-0.15, -0.1) is 24.0 Å². The molecule has 1 aliphatic rings. The van der Waals surface area contributed by atoms with Gasteiger partial charge in [0.25, 0.3) is 0 Å². The van der Waals surface area contributed by atoms with Gasteiger partial charge < -0.3 is 25.0 Å². The molecule has 2 N–H and O–H groups in total. The van der Waals surface area contributed by atoms with Crippen LogP contribution in [0.5, 0.6) is 11.5 Å². The van der Waals surface area contributed by atoms with Crippen molar-refractivity contribution < 1.29 is 14.3 Å². The molecule has 1 fully saturated rings. The van der Waals surface area contributed by atoms with Crippen LogP contribution in [0.1, 0.15) is 26.7 Å². The predicted octanol–water partition coefficient (Wildman–Crippen LogP) is 2.26. The minimum absolute atomic E-state index is 0. The van der Waals surface area contributed by atoms with Crippen LogP contribution in [0.2, 0.25) is 0 Å². The van der Waals surface area contributed by atoms with E-state index in [0.29, 0.717) is 12.5 Å². The van der Waals surface area contributed by atoms with Crippen LogP contribution in [0.15, 0.2) is 29.3 Å². The summed E-state index contributed by atoms with van der Waals surface area (Å²) >= 11 is 0. The Balaban J connectivity index is 0.00000364. The number of carbonyl (C=O) groups is 1. The Kier molecular flexibility index (Phi) is 10.9. The maximum atomic E-state index is 12.1. The number of ether oxygens (including phenoxy) is 2. The van der Waals surface area contributed by atoms with E-state index in [9.17, 15) is 4.79 Å². The molecular formula is C19H31IN4O3. The van der Waals surface area contributed by atoms with Gasteiger partial charge in [0.1, 0.15) is 24.1 Å². The standard InChI is InChI=1S/C19H30N4O3.HI/c1-4-20-19(22-14-18(24)23-11-5-6-12-23)21-13-15(2)26-17-9-7-16(25-3)8-10-17;/h7-10,15H,4-6,11-14H2,1-3H3,(H2,20,21,22);1H. The van der Waals surface area contributed by atoms with E-state index in [1.165, 1.54) is 0 Å². The Morgan fingerprint density at radius 2 is 1.81 bits per heavy atom. The minimum atomic E-state index is -0.0541. The van der Waals surface area contributed by atoms with Crippen molar-refractivity contribution in [2.45, 2.75) is 32.8 Å². The lowest BCUT2D eigenvalue weighted by Crippen LogP contribution is -2.42. The fourth-order valence-electron chi connectivity index (χ4n) is 2.72. The highest BCUT2D eigenvalue weighted by molar-refractivity contribution is 14.0. The third-order valence-electron chi connectivity index (χ3n) is 4.13. The van der Waals surface area contributed by atoms with Gasteiger partial charge in [0.05, 0.1) is 13.7 Å². The SMILES string of the molecule is CCNC(=NCC(=O)N1CCCC1)NCC(C)Oc1ccc(OC)cc1.I. The van der Waals surface area contributed by atoms with Crippen LogP contribution in [0, 0.1) is 0 Å². The number of carbonyl (C=O) groups excluding carboxylic acids is 1. The van der Waals surface area contributed by atoms with E-state index in [0.717, 1.165) is 44.0 Å². The van der Waals surface area contributed by atoms with Crippen molar-refractivity contribution in [3.8, 4) is 11.5 Å². The molecule has 8 heteroatoms. The smallest absolute Gasteiger partial charge is 0.244 e. The normalized spacial score (nSPS) is 14.9. The number of nitrogens with one attached hydrogen (secondary N) is 2. The van der Waals surface area contributed by atoms with Gasteiger partial charge in [-0.05, 0) is 51.0 Å². The summed E-state index contributed by atoms with van der Waals surface area (Å²) in [6, 6.07) is 7.49. The number of benzene rings is 1. The van der Waals surface area contributed by atoms with E-state index in [-0.39, 0.29) is 42.5 Å². The van der Waals surface area contributed by atoms with E-state index < -0.39 is 0 Å². The van der Waals surface area contributed by atoms with E-state index in [4.69, 9.17) is 9.47 Å². The lowest BCUT2D eigenvalue weighted by Gasteiger charge is -2.18. The molecule has 0 saturated carbocycles. The summed E-state index contributed by atoms with van der Waals surface area (Å²) in [4.78, 5) is 18.4. The first-order chi connectivity index (χ1) is 12.6. The Labute approximate surface area is 178 Å². The van der Waals surface area contributed by atoms with Crippen LogP contribution >= 0.6 is 24.0 Å². The second-order valence-corrected chi connectivity index (χ2v) is 6.27. The summed E-state index contributed by atoms with van der Waals surface area (Å²) in [6.07, 6.45) is 2.13. The highest BCUT2D eigenvalue weighted by atomic mass is 127. The summed E-state index contributed by atoms with van der Waals surface area (Å²) in [5, 5.41) is 6.39. The summed E-state index contributed by atoms with van der Waals surface area (Å²) in [5.74, 6) is 2.30. The number of hydrogen-bond donors (Lipinski definition) is 2. The average Bonchev–Trinajstić information content (AvgIpc) is 3.19. The second-order valence-electron chi connectivity index (χ2n) is 6.27. The number of amides is 1. The van der Waals surface area contributed by atoms with E-state index in [1.807, 2.05) is 43.0 Å². The molecule has 0 bridgehead atoms. The molecule has 2 rings (SSSR count). The molecule has 1 aliphatic heterocycles. The molecule has 152 valence electrons. The van der Waals surface area contributed by atoms with Gasteiger partial charge in [-0.1, -0.05) is 0 Å². The quantitative estimate of drug-likeness (QED) is 0.332. The Morgan fingerprint density at radius 1 is 1.19 bits per heavy atom. The van der Waals surface area contributed by atoms with Crippen molar-refractivity contribution in [2.75, 3.05) is 39.8 Å². The summed E-state index contributed by atoms with van der Waals surface area (Å²) in [6.45, 7) is 7.17. The Hall–Kier alpha value is -1.71. The van der Waals surface area contributed by atoms with Crippen LogP contribution < -0.4 is 20.1 Å². The summed E-state index contributed by atoms with van der Waals surface area (Å²) in [5.41, 5.74) is 0. The van der Waals surface area contributed by atoms with Gasteiger partial charge >= 0.3 is 0 Å². The maximum absolute atomic E-state index is 12.1. The van der Waals surface area contributed by atoms with Gasteiger partial charge in [0, 0.05) is 19.6 Å². The number of aliphatic imine (C=N–C) groups is 1. The number of halogens is 1. The molecule has 0 spiro atoms. The van der Waals surface area contributed by atoms with E-state index >= 15 is 0 Å². The van der Waals surface area contributed by atoms with Crippen LogP contribution in [0.3, 0.4) is 0 Å². The lowest BCUT2D eigenvalue weighted by molar-refractivity contribution is -0.128. The third-order valence-corrected chi connectivity index (χ3v) is 4.13. The van der Waals surface area contributed by atoms with Crippen molar-refractivity contribution in [1.82, 2.24) is 15.5 Å². The molecule has 1 atom stereocenters. The molecule has 1 amide bonds. The Bertz CT molecular complexity index is 589. The first-order valence-corrected chi connectivity index (χ1v) is 9.23. The average molecular weight is 490 g/mol. The molecule has 0 aromatic heterocycles. The predicted molar refractivity (Wildman–Crippen MR) is 118 cm³/mol. The number of rotatable bonds is 8. The van der Waals surface area contributed by atoms with Crippen molar-refractivity contribution in [3.05, 3.63) is 24.3 Å². The number of methoxy groups -OCH3 is 1. The third kappa shape index (κ3) is 8.23. The van der Waals surface area contributed by atoms with Crippen LogP contribution in [0.4, 0.5) is 0 Å². The number of likely N-dealkylation sites (tertiary alicyclic amines) is 1. The Morgan fingerprint density at radius 3 is 2.41 bits per heavy atom. The van der Waals surface area contributed by atoms with Crippen molar-refractivity contribution in [1.29, 1.82) is 0 Å². The van der Waals surface area contributed by atoms with Crippen molar-refractivity contribution in [2.24, 2.45) is 4.99 Å². The van der Waals surface area contributed by atoms with Crippen molar-refractivity contribution in [3.63, 3.8) is 0 Å². The molecule has 1 saturated heterocycles. The van der Waals surface area contributed by atoms with Crippen LogP contribution in [-0.4, -0.2) is 62.7 Å². The molecule has 0 radical (unpaired) electrons. The maximum Gasteiger partial charge on any atom is 0.244 e. The van der Waals surface area contributed by atoms with Gasteiger partial charge in [-0.25, -0.2) is 4.99 Å². The monoisotopic (exact) mass is 490 g/mol. The zero-order valence-electron chi connectivity index (χ0n) is 16.4. The summed E-state index contributed by atoms with van der Waals surface area (Å²) in [7, 11) is 1.64. The first-order valence-electron chi connectivity index (χ1n) is 9.23. The summed E-state index contributed by atoms with van der Waals surface area (Å²) < 4.78 is 11.0. The molecule has 1 aromatic carbocycles.